The van der Waals surface area contributed by atoms with E-state index in [0.717, 1.165) is 13.1 Å². The lowest BCUT2D eigenvalue weighted by molar-refractivity contribution is 0.127. The van der Waals surface area contributed by atoms with Crippen LogP contribution in [0.25, 0.3) is 11.7 Å². The zero-order valence-electron chi connectivity index (χ0n) is 11.2. The van der Waals surface area contributed by atoms with Gasteiger partial charge in [-0.15, -0.1) is 10.2 Å². The number of furan rings is 1. The lowest BCUT2D eigenvalue weighted by Gasteiger charge is -2.36. The Kier molecular flexibility index (Phi) is 3.35. The number of nitrogens with zero attached hydrogens (tertiary/aromatic N) is 3. The number of aromatic nitrogens is 2. The molecule has 2 unspecified atom stereocenters. The maximum atomic E-state index is 5.64. The molecule has 2 aromatic rings. The molecule has 19 heavy (non-hydrogen) atoms. The number of hydrogen-bond acceptors (Lipinski definition) is 6. The van der Waals surface area contributed by atoms with Crippen molar-refractivity contribution in [2.45, 2.75) is 32.5 Å². The molecule has 1 aliphatic heterocycles. The molecule has 3 rings (SSSR count). The van der Waals surface area contributed by atoms with Crippen molar-refractivity contribution in [3.8, 4) is 11.7 Å². The summed E-state index contributed by atoms with van der Waals surface area (Å²) in [4.78, 5) is 2.35. The summed E-state index contributed by atoms with van der Waals surface area (Å²) in [7, 11) is 0. The minimum atomic E-state index is 0.441. The van der Waals surface area contributed by atoms with Crippen LogP contribution < -0.4 is 5.32 Å². The SMILES string of the molecule is CC1CN(Cc2nnc(-c3ccco3)o2)C(C)CN1. The van der Waals surface area contributed by atoms with Gasteiger partial charge in [0, 0.05) is 25.2 Å². The van der Waals surface area contributed by atoms with Gasteiger partial charge >= 0.3 is 0 Å². The van der Waals surface area contributed by atoms with Gasteiger partial charge in [0.25, 0.3) is 5.89 Å². The van der Waals surface area contributed by atoms with E-state index in [-0.39, 0.29) is 0 Å². The van der Waals surface area contributed by atoms with E-state index in [2.05, 4.69) is 34.3 Å². The standard InChI is InChI=1S/C13H18N4O2/c1-9-7-17(10(2)6-14-9)8-12-15-16-13(19-12)11-4-3-5-18-11/h3-5,9-10,14H,6-8H2,1-2H3. The highest BCUT2D eigenvalue weighted by Gasteiger charge is 2.24. The van der Waals surface area contributed by atoms with E-state index in [9.17, 15) is 0 Å². The van der Waals surface area contributed by atoms with Crippen molar-refractivity contribution in [2.75, 3.05) is 13.1 Å². The third-order valence-electron chi connectivity index (χ3n) is 3.43. The molecular formula is C13H18N4O2. The summed E-state index contributed by atoms with van der Waals surface area (Å²) < 4.78 is 10.9. The van der Waals surface area contributed by atoms with Gasteiger partial charge in [-0.05, 0) is 26.0 Å². The fourth-order valence-corrected chi connectivity index (χ4v) is 2.31. The Balaban J connectivity index is 1.70. The predicted octanol–water partition coefficient (Wildman–Crippen LogP) is 1.51. The van der Waals surface area contributed by atoms with Gasteiger partial charge < -0.3 is 14.2 Å². The van der Waals surface area contributed by atoms with Gasteiger partial charge in [0.15, 0.2) is 5.76 Å². The second-order valence-electron chi connectivity index (χ2n) is 5.07. The molecule has 0 amide bonds. The molecular weight excluding hydrogens is 244 g/mol. The van der Waals surface area contributed by atoms with Crippen LogP contribution in [0.3, 0.4) is 0 Å². The van der Waals surface area contributed by atoms with Crippen molar-refractivity contribution in [1.29, 1.82) is 0 Å². The lowest BCUT2D eigenvalue weighted by atomic mass is 10.1. The average Bonchev–Trinajstić information content (AvgIpc) is 3.04. The van der Waals surface area contributed by atoms with Crippen LogP contribution >= 0.6 is 0 Å². The molecule has 1 N–H and O–H groups in total. The highest BCUT2D eigenvalue weighted by molar-refractivity contribution is 5.42. The Hall–Kier alpha value is -1.66. The quantitative estimate of drug-likeness (QED) is 0.904. The van der Waals surface area contributed by atoms with Gasteiger partial charge in [-0.25, -0.2) is 0 Å². The van der Waals surface area contributed by atoms with E-state index in [1.807, 2.05) is 6.07 Å². The van der Waals surface area contributed by atoms with Crippen LogP contribution in [0.2, 0.25) is 0 Å². The van der Waals surface area contributed by atoms with E-state index in [1.54, 1.807) is 12.3 Å². The molecule has 0 aliphatic carbocycles. The van der Waals surface area contributed by atoms with E-state index >= 15 is 0 Å². The fourth-order valence-electron chi connectivity index (χ4n) is 2.31. The summed E-state index contributed by atoms with van der Waals surface area (Å²) in [5.41, 5.74) is 0. The molecule has 102 valence electrons. The third-order valence-corrected chi connectivity index (χ3v) is 3.43. The second kappa shape index (κ2) is 5.14. The van der Waals surface area contributed by atoms with Crippen LogP contribution in [-0.4, -0.2) is 40.3 Å². The minimum Gasteiger partial charge on any atom is -0.459 e. The Labute approximate surface area is 111 Å². The number of rotatable bonds is 3. The minimum absolute atomic E-state index is 0.441. The largest absolute Gasteiger partial charge is 0.459 e. The molecule has 1 saturated heterocycles. The molecule has 0 radical (unpaired) electrons. The van der Waals surface area contributed by atoms with E-state index in [4.69, 9.17) is 8.83 Å². The smallest absolute Gasteiger partial charge is 0.283 e. The molecule has 0 spiro atoms. The Morgan fingerprint density at radius 2 is 2.32 bits per heavy atom. The summed E-state index contributed by atoms with van der Waals surface area (Å²) >= 11 is 0. The maximum Gasteiger partial charge on any atom is 0.283 e. The molecule has 6 nitrogen and oxygen atoms in total. The van der Waals surface area contributed by atoms with Gasteiger partial charge in [0.2, 0.25) is 5.89 Å². The normalized spacial score (nSPS) is 24.7. The van der Waals surface area contributed by atoms with E-state index in [0.29, 0.717) is 36.2 Å². The Bertz CT molecular complexity index is 522. The average molecular weight is 262 g/mol. The van der Waals surface area contributed by atoms with Crippen molar-refractivity contribution < 1.29 is 8.83 Å². The van der Waals surface area contributed by atoms with Crippen LogP contribution in [0.5, 0.6) is 0 Å². The summed E-state index contributed by atoms with van der Waals surface area (Å²) in [6.45, 7) is 7.03. The zero-order valence-corrected chi connectivity index (χ0v) is 11.2. The topological polar surface area (TPSA) is 67.3 Å². The summed E-state index contributed by atoms with van der Waals surface area (Å²) in [6, 6.07) is 4.57. The molecule has 1 aliphatic rings. The molecule has 0 aromatic carbocycles. The van der Waals surface area contributed by atoms with Gasteiger partial charge in [0.1, 0.15) is 0 Å². The van der Waals surface area contributed by atoms with Gasteiger partial charge in [-0.2, -0.15) is 0 Å². The third kappa shape index (κ3) is 2.69. The first-order valence-corrected chi connectivity index (χ1v) is 6.56. The zero-order chi connectivity index (χ0) is 13.2. The maximum absolute atomic E-state index is 5.64. The first kappa shape index (κ1) is 12.4. The van der Waals surface area contributed by atoms with Crippen molar-refractivity contribution in [3.05, 3.63) is 24.3 Å². The summed E-state index contributed by atoms with van der Waals surface area (Å²) in [5.74, 6) is 1.68. The first-order chi connectivity index (χ1) is 9.22. The number of hydrogen-bond donors (Lipinski definition) is 1. The molecule has 3 heterocycles. The van der Waals surface area contributed by atoms with Crippen LogP contribution in [0.4, 0.5) is 0 Å². The van der Waals surface area contributed by atoms with Crippen molar-refractivity contribution in [3.63, 3.8) is 0 Å². The fraction of sp³-hybridized carbons (Fsp3) is 0.538. The van der Waals surface area contributed by atoms with E-state index in [1.165, 1.54) is 0 Å². The molecule has 2 aromatic heterocycles. The highest BCUT2D eigenvalue weighted by atomic mass is 16.4. The van der Waals surface area contributed by atoms with Crippen molar-refractivity contribution in [2.24, 2.45) is 0 Å². The van der Waals surface area contributed by atoms with Crippen LogP contribution in [-0.2, 0) is 6.54 Å². The first-order valence-electron chi connectivity index (χ1n) is 6.56. The molecule has 0 saturated carbocycles. The molecule has 1 fully saturated rings. The van der Waals surface area contributed by atoms with Gasteiger partial charge in [-0.3, -0.25) is 4.90 Å². The van der Waals surface area contributed by atoms with E-state index < -0.39 is 0 Å². The second-order valence-corrected chi connectivity index (χ2v) is 5.07. The predicted molar refractivity (Wildman–Crippen MR) is 69.3 cm³/mol. The Morgan fingerprint density at radius 1 is 1.42 bits per heavy atom. The van der Waals surface area contributed by atoms with Crippen molar-refractivity contribution >= 4 is 0 Å². The lowest BCUT2D eigenvalue weighted by Crippen LogP contribution is -2.53. The number of nitrogens with one attached hydrogen (secondary N) is 1. The van der Waals surface area contributed by atoms with Crippen LogP contribution in [0, 0.1) is 0 Å². The van der Waals surface area contributed by atoms with Gasteiger partial charge in [-0.1, -0.05) is 0 Å². The monoisotopic (exact) mass is 262 g/mol. The summed E-state index contributed by atoms with van der Waals surface area (Å²) in [6.07, 6.45) is 1.60. The molecule has 2 atom stereocenters. The Morgan fingerprint density at radius 3 is 3.11 bits per heavy atom. The van der Waals surface area contributed by atoms with Crippen molar-refractivity contribution in [1.82, 2.24) is 20.4 Å². The van der Waals surface area contributed by atoms with Gasteiger partial charge in [0.05, 0.1) is 12.8 Å². The summed E-state index contributed by atoms with van der Waals surface area (Å²) in [5, 5.41) is 11.6. The molecule has 6 heteroatoms. The highest BCUT2D eigenvalue weighted by Crippen LogP contribution is 2.19. The van der Waals surface area contributed by atoms with Crippen LogP contribution in [0.15, 0.2) is 27.2 Å². The van der Waals surface area contributed by atoms with Crippen LogP contribution in [0.1, 0.15) is 19.7 Å². The number of piperazine rings is 1. The molecule has 0 bridgehead atoms.